The second kappa shape index (κ2) is 5.10. The van der Waals surface area contributed by atoms with Gasteiger partial charge in [0.05, 0.1) is 11.5 Å². The van der Waals surface area contributed by atoms with Gasteiger partial charge in [-0.1, -0.05) is 24.3 Å². The Balaban J connectivity index is 3.01. The zero-order valence-electron chi connectivity index (χ0n) is 11.3. The van der Waals surface area contributed by atoms with Crippen LogP contribution >= 0.6 is 0 Å². The van der Waals surface area contributed by atoms with Crippen LogP contribution < -0.4 is 0 Å². The molecule has 0 spiro atoms. The first-order valence-electron chi connectivity index (χ1n) is 5.88. The maximum absolute atomic E-state index is 9.05. The van der Waals surface area contributed by atoms with Crippen molar-refractivity contribution in [1.82, 2.24) is 0 Å². The Morgan fingerprint density at radius 1 is 1.17 bits per heavy atom. The monoisotopic (exact) mass is 242 g/mol. The summed E-state index contributed by atoms with van der Waals surface area (Å²) in [4.78, 5) is 0. The predicted molar refractivity (Wildman–Crippen MR) is 69.3 cm³/mol. The fourth-order valence-corrected chi connectivity index (χ4v) is 1.78. The van der Waals surface area contributed by atoms with E-state index in [1.807, 2.05) is 52.0 Å². The molecule has 94 valence electrons. The third kappa shape index (κ3) is 3.50. The van der Waals surface area contributed by atoms with Crippen LogP contribution in [-0.2, 0) is 16.8 Å². The number of hydrogen-bond donors (Lipinski definition) is 0. The molecule has 0 N–H and O–H groups in total. The summed E-state index contributed by atoms with van der Waals surface area (Å²) in [7, 11) is 0. The Labute approximate surface area is 109 Å². The van der Waals surface area contributed by atoms with Gasteiger partial charge in [0.15, 0.2) is 0 Å². The summed E-state index contributed by atoms with van der Waals surface area (Å²) in [6.07, 6.45) is 2.41. The molecule has 0 aliphatic rings. The third-order valence-electron chi connectivity index (χ3n) is 2.87. The molecule has 1 aromatic rings. The number of nitrogens with zero attached hydrogens (tertiary/aromatic N) is 2. The SMILES string of the molecule is CC(C)(C#N)Cc1cccc(C(C)(C)OC#N)c1. The van der Waals surface area contributed by atoms with Crippen molar-refractivity contribution >= 4 is 0 Å². The molecule has 18 heavy (non-hydrogen) atoms. The molecule has 0 heterocycles. The maximum atomic E-state index is 9.05. The van der Waals surface area contributed by atoms with E-state index in [-0.39, 0.29) is 0 Å². The molecule has 1 aromatic carbocycles. The van der Waals surface area contributed by atoms with E-state index >= 15 is 0 Å². The molecule has 0 aliphatic carbocycles. The molecular weight excluding hydrogens is 224 g/mol. The molecule has 0 radical (unpaired) electrons. The highest BCUT2D eigenvalue weighted by molar-refractivity contribution is 5.29. The molecule has 1 rings (SSSR count). The van der Waals surface area contributed by atoms with Gasteiger partial charge in [0, 0.05) is 0 Å². The molecule has 0 aromatic heterocycles. The van der Waals surface area contributed by atoms with Gasteiger partial charge in [0.2, 0.25) is 0 Å². The van der Waals surface area contributed by atoms with E-state index < -0.39 is 11.0 Å². The molecule has 0 fully saturated rings. The van der Waals surface area contributed by atoms with Crippen molar-refractivity contribution in [2.75, 3.05) is 0 Å². The normalized spacial score (nSPS) is 11.4. The van der Waals surface area contributed by atoms with E-state index in [4.69, 9.17) is 15.3 Å². The van der Waals surface area contributed by atoms with Crippen molar-refractivity contribution < 1.29 is 4.74 Å². The van der Waals surface area contributed by atoms with Crippen molar-refractivity contribution in [1.29, 1.82) is 10.5 Å². The maximum Gasteiger partial charge on any atom is 0.287 e. The molecular formula is C15H18N2O. The first-order valence-corrected chi connectivity index (χ1v) is 5.88. The van der Waals surface area contributed by atoms with E-state index in [1.165, 1.54) is 0 Å². The Bertz CT molecular complexity index is 504. The van der Waals surface area contributed by atoms with E-state index in [0.717, 1.165) is 11.1 Å². The quantitative estimate of drug-likeness (QED) is 0.759. The Kier molecular flexibility index (Phi) is 3.99. The average molecular weight is 242 g/mol. The first kappa shape index (κ1) is 14.1. The van der Waals surface area contributed by atoms with Gasteiger partial charge in [-0.15, -0.1) is 0 Å². The van der Waals surface area contributed by atoms with Gasteiger partial charge in [-0.3, -0.25) is 0 Å². The standard InChI is InChI=1S/C15H18N2O/c1-14(2,10-16)9-12-6-5-7-13(8-12)15(3,4)18-11-17/h5-8H,9H2,1-4H3. The second-order valence-corrected chi connectivity index (χ2v) is 5.58. The zero-order valence-corrected chi connectivity index (χ0v) is 11.3. The Morgan fingerprint density at radius 2 is 1.83 bits per heavy atom. The van der Waals surface area contributed by atoms with Crippen LogP contribution in [0.15, 0.2) is 24.3 Å². The predicted octanol–water partition coefficient (Wildman–Crippen LogP) is 3.51. The van der Waals surface area contributed by atoms with Crippen LogP contribution in [0, 0.1) is 28.3 Å². The van der Waals surface area contributed by atoms with E-state index in [9.17, 15) is 0 Å². The smallest absolute Gasteiger partial charge is 0.287 e. The highest BCUT2D eigenvalue weighted by Gasteiger charge is 2.24. The third-order valence-corrected chi connectivity index (χ3v) is 2.87. The molecule has 0 atom stereocenters. The number of ether oxygens (including phenoxy) is 1. The molecule has 0 saturated heterocycles. The number of rotatable bonds is 4. The van der Waals surface area contributed by atoms with Crippen LogP contribution in [0.4, 0.5) is 0 Å². The van der Waals surface area contributed by atoms with Crippen LogP contribution in [0.5, 0.6) is 0 Å². The number of benzene rings is 1. The van der Waals surface area contributed by atoms with E-state index in [2.05, 4.69) is 6.07 Å². The molecule has 0 bridgehead atoms. The first-order chi connectivity index (χ1) is 8.30. The fraction of sp³-hybridized carbons (Fsp3) is 0.467. The lowest BCUT2D eigenvalue weighted by atomic mass is 9.86. The fourth-order valence-electron chi connectivity index (χ4n) is 1.78. The summed E-state index contributed by atoms with van der Waals surface area (Å²) in [5, 5.41) is 17.7. The molecule has 0 aliphatic heterocycles. The van der Waals surface area contributed by atoms with Crippen LogP contribution in [0.1, 0.15) is 38.8 Å². The van der Waals surface area contributed by atoms with Gasteiger partial charge in [0.1, 0.15) is 5.60 Å². The molecule has 0 amide bonds. The minimum atomic E-state index is -0.637. The zero-order chi connectivity index (χ0) is 13.8. The van der Waals surface area contributed by atoms with Gasteiger partial charge < -0.3 is 4.74 Å². The molecule has 0 saturated carbocycles. The summed E-state index contributed by atoms with van der Waals surface area (Å²) in [6, 6.07) is 10.1. The van der Waals surface area contributed by atoms with Crippen LogP contribution in [0.3, 0.4) is 0 Å². The van der Waals surface area contributed by atoms with E-state index in [0.29, 0.717) is 6.42 Å². The second-order valence-electron chi connectivity index (χ2n) is 5.58. The van der Waals surface area contributed by atoms with Gasteiger partial charge in [-0.25, -0.2) is 0 Å². The number of hydrogen-bond acceptors (Lipinski definition) is 3. The summed E-state index contributed by atoms with van der Waals surface area (Å²) in [5.74, 6) is 0. The van der Waals surface area contributed by atoms with Crippen molar-refractivity contribution in [3.63, 3.8) is 0 Å². The lowest BCUT2D eigenvalue weighted by Gasteiger charge is -2.23. The minimum absolute atomic E-state index is 0.390. The summed E-state index contributed by atoms with van der Waals surface area (Å²) in [6.45, 7) is 7.53. The molecule has 3 nitrogen and oxygen atoms in total. The molecule has 3 heteroatoms. The van der Waals surface area contributed by atoms with Crippen molar-refractivity contribution in [3.05, 3.63) is 35.4 Å². The average Bonchev–Trinajstić information content (AvgIpc) is 2.29. The van der Waals surface area contributed by atoms with Crippen LogP contribution in [-0.4, -0.2) is 0 Å². The van der Waals surface area contributed by atoms with Crippen molar-refractivity contribution in [2.24, 2.45) is 5.41 Å². The Morgan fingerprint density at radius 3 is 2.39 bits per heavy atom. The topological polar surface area (TPSA) is 56.8 Å². The summed E-state index contributed by atoms with van der Waals surface area (Å²) < 4.78 is 5.07. The van der Waals surface area contributed by atoms with Gasteiger partial charge in [0.25, 0.3) is 6.26 Å². The highest BCUT2D eigenvalue weighted by atomic mass is 16.5. The van der Waals surface area contributed by atoms with Crippen molar-refractivity contribution in [2.45, 2.75) is 39.7 Å². The van der Waals surface area contributed by atoms with Crippen LogP contribution in [0.25, 0.3) is 0 Å². The van der Waals surface area contributed by atoms with Gasteiger partial charge in [-0.05, 0) is 45.2 Å². The highest BCUT2D eigenvalue weighted by Crippen LogP contribution is 2.27. The van der Waals surface area contributed by atoms with E-state index in [1.54, 1.807) is 6.26 Å². The minimum Gasteiger partial charge on any atom is -0.417 e. The van der Waals surface area contributed by atoms with Gasteiger partial charge >= 0.3 is 0 Å². The lowest BCUT2D eigenvalue weighted by molar-refractivity contribution is 0.0701. The number of nitriles is 2. The van der Waals surface area contributed by atoms with Gasteiger partial charge in [-0.2, -0.15) is 10.5 Å². The van der Waals surface area contributed by atoms with Crippen molar-refractivity contribution in [3.8, 4) is 12.3 Å². The Hall–Kier alpha value is -2.00. The largest absolute Gasteiger partial charge is 0.417 e. The molecule has 0 unspecified atom stereocenters. The lowest BCUT2D eigenvalue weighted by Crippen LogP contribution is -2.20. The summed E-state index contributed by atoms with van der Waals surface area (Å²) in [5.41, 5.74) is 0.990. The summed E-state index contributed by atoms with van der Waals surface area (Å²) >= 11 is 0. The van der Waals surface area contributed by atoms with Crippen LogP contribution in [0.2, 0.25) is 0 Å².